The minimum atomic E-state index is 0.134. The van der Waals surface area contributed by atoms with Gasteiger partial charge in [-0.2, -0.15) is 0 Å². The molecule has 1 N–H and O–H groups in total. The second-order valence-electron chi connectivity index (χ2n) is 10.2. The average molecular weight is 393 g/mol. The van der Waals surface area contributed by atoms with Gasteiger partial charge in [-0.3, -0.25) is 4.79 Å². The summed E-state index contributed by atoms with van der Waals surface area (Å²) in [7, 11) is 0. The third-order valence-electron chi connectivity index (χ3n) is 9.01. The van der Waals surface area contributed by atoms with Crippen LogP contribution in [0.1, 0.15) is 64.5 Å². The van der Waals surface area contributed by atoms with Crippen LogP contribution in [-0.4, -0.2) is 27.5 Å². The van der Waals surface area contributed by atoms with E-state index in [0.717, 1.165) is 31.4 Å². The SMILES string of the molecule is C[C@]12CCC(=O)CC1=C[C@H](CCO)[C@@H]1[C@@H]2CC[C@]2(C)C(c3ccncn3)=CC[C@@H]12. The Kier molecular flexibility index (Phi) is 4.54. The number of hydrogen-bond donors (Lipinski definition) is 1. The van der Waals surface area contributed by atoms with E-state index >= 15 is 0 Å². The smallest absolute Gasteiger partial charge is 0.136 e. The molecule has 1 heterocycles. The van der Waals surface area contributed by atoms with Crippen LogP contribution in [0.2, 0.25) is 0 Å². The van der Waals surface area contributed by atoms with Gasteiger partial charge < -0.3 is 5.11 Å². The first-order valence-corrected chi connectivity index (χ1v) is 11.3. The molecule has 0 saturated heterocycles. The van der Waals surface area contributed by atoms with E-state index < -0.39 is 0 Å². The van der Waals surface area contributed by atoms with Gasteiger partial charge in [0, 0.05) is 25.6 Å². The van der Waals surface area contributed by atoms with E-state index in [1.165, 1.54) is 24.0 Å². The van der Waals surface area contributed by atoms with Crippen LogP contribution in [0.4, 0.5) is 0 Å². The fourth-order valence-corrected chi connectivity index (χ4v) is 7.48. The summed E-state index contributed by atoms with van der Waals surface area (Å²) < 4.78 is 0. The summed E-state index contributed by atoms with van der Waals surface area (Å²) >= 11 is 0. The fourth-order valence-electron chi connectivity index (χ4n) is 7.48. The molecule has 4 nitrogen and oxygen atoms in total. The van der Waals surface area contributed by atoms with Crippen LogP contribution in [0.5, 0.6) is 0 Å². The van der Waals surface area contributed by atoms with E-state index in [1.54, 1.807) is 6.33 Å². The lowest BCUT2D eigenvalue weighted by Gasteiger charge is -2.59. The molecule has 0 amide bonds. The molecule has 0 unspecified atom stereocenters. The molecule has 0 bridgehead atoms. The maximum atomic E-state index is 12.2. The fraction of sp³-hybridized carbons (Fsp3) is 0.640. The molecular weight excluding hydrogens is 360 g/mol. The molecule has 2 fully saturated rings. The molecule has 154 valence electrons. The maximum Gasteiger partial charge on any atom is 0.136 e. The van der Waals surface area contributed by atoms with Crippen molar-refractivity contribution < 1.29 is 9.90 Å². The minimum absolute atomic E-state index is 0.134. The molecule has 29 heavy (non-hydrogen) atoms. The van der Waals surface area contributed by atoms with E-state index in [4.69, 9.17) is 0 Å². The molecule has 1 aromatic rings. The second kappa shape index (κ2) is 6.87. The molecule has 4 aliphatic rings. The van der Waals surface area contributed by atoms with Crippen LogP contribution in [0.25, 0.3) is 5.57 Å². The molecule has 1 aromatic heterocycles. The van der Waals surface area contributed by atoms with Gasteiger partial charge in [-0.1, -0.05) is 31.6 Å². The van der Waals surface area contributed by atoms with E-state index in [0.29, 0.717) is 35.9 Å². The Balaban J connectivity index is 1.54. The standard InChI is InChI=1S/C25H32N2O2/c1-24-9-5-18(29)14-17(24)13-16(8-12-28)23-20-4-3-19(22-7-11-26-15-27-22)25(20,2)10-6-21(23)24/h3,7,11,13,15-16,20-21,23,28H,4-6,8-10,12,14H2,1-2H3/t16-,20-,21-,23-,24-,25+/m0/s1. The summed E-state index contributed by atoms with van der Waals surface area (Å²) in [6, 6.07) is 2.05. The number of aromatic nitrogens is 2. The third kappa shape index (κ3) is 2.78. The highest BCUT2D eigenvalue weighted by molar-refractivity contribution is 5.82. The first-order chi connectivity index (χ1) is 14.0. The lowest BCUT2D eigenvalue weighted by atomic mass is 9.45. The molecule has 0 radical (unpaired) electrons. The predicted octanol–water partition coefficient (Wildman–Crippen LogP) is 4.61. The number of fused-ring (bicyclic) bond motifs is 5. The van der Waals surface area contributed by atoms with Gasteiger partial charge in [0.2, 0.25) is 0 Å². The van der Waals surface area contributed by atoms with Crippen LogP contribution < -0.4 is 0 Å². The van der Waals surface area contributed by atoms with Crippen LogP contribution >= 0.6 is 0 Å². The van der Waals surface area contributed by atoms with Gasteiger partial charge in [0.1, 0.15) is 12.1 Å². The van der Waals surface area contributed by atoms with Gasteiger partial charge >= 0.3 is 0 Å². The zero-order valence-corrected chi connectivity index (χ0v) is 17.6. The van der Waals surface area contributed by atoms with Crippen molar-refractivity contribution in [2.75, 3.05) is 6.61 Å². The minimum Gasteiger partial charge on any atom is -0.396 e. The number of rotatable bonds is 3. The molecule has 6 atom stereocenters. The van der Waals surface area contributed by atoms with E-state index in [1.807, 2.05) is 12.3 Å². The summed E-state index contributed by atoms with van der Waals surface area (Å²) in [5.74, 6) is 2.53. The predicted molar refractivity (Wildman–Crippen MR) is 113 cm³/mol. The zero-order chi connectivity index (χ0) is 20.2. The van der Waals surface area contributed by atoms with Gasteiger partial charge in [-0.15, -0.1) is 0 Å². The normalized spacial score (nSPS) is 41.1. The van der Waals surface area contributed by atoms with Crippen LogP contribution in [0.3, 0.4) is 0 Å². The van der Waals surface area contributed by atoms with Gasteiger partial charge in [0.25, 0.3) is 0 Å². The number of aliphatic hydroxyl groups is 1. The van der Waals surface area contributed by atoms with Crippen molar-refractivity contribution in [2.45, 2.75) is 58.8 Å². The first kappa shape index (κ1) is 19.2. The van der Waals surface area contributed by atoms with Gasteiger partial charge in [0.15, 0.2) is 0 Å². The third-order valence-corrected chi connectivity index (χ3v) is 9.01. The van der Waals surface area contributed by atoms with Crippen LogP contribution in [0, 0.1) is 34.5 Å². The number of ketones is 1. The highest BCUT2D eigenvalue weighted by Gasteiger charge is 2.59. The quantitative estimate of drug-likeness (QED) is 0.763. The number of carbonyl (C=O) groups is 1. The van der Waals surface area contributed by atoms with Crippen molar-refractivity contribution in [3.8, 4) is 0 Å². The molecule has 4 aliphatic carbocycles. The summed E-state index contributed by atoms with van der Waals surface area (Å²) in [6.45, 7) is 5.09. The average Bonchev–Trinajstić information content (AvgIpc) is 3.07. The molecule has 2 saturated carbocycles. The summed E-state index contributed by atoms with van der Waals surface area (Å²) in [4.78, 5) is 20.9. The molecule has 0 aromatic carbocycles. The van der Waals surface area contributed by atoms with Crippen molar-refractivity contribution in [1.82, 2.24) is 9.97 Å². The van der Waals surface area contributed by atoms with Crippen LogP contribution in [-0.2, 0) is 4.79 Å². The lowest BCUT2D eigenvalue weighted by molar-refractivity contribution is -0.122. The molecule has 0 spiro atoms. The van der Waals surface area contributed by atoms with Crippen molar-refractivity contribution in [1.29, 1.82) is 0 Å². The maximum absolute atomic E-state index is 12.2. The Morgan fingerprint density at radius 1 is 1.21 bits per heavy atom. The number of hydrogen-bond acceptors (Lipinski definition) is 4. The number of nitrogens with zero attached hydrogens (tertiary/aromatic N) is 2. The van der Waals surface area contributed by atoms with Crippen molar-refractivity contribution in [3.05, 3.63) is 42.0 Å². The molecular formula is C25H32N2O2. The zero-order valence-electron chi connectivity index (χ0n) is 17.6. The number of Topliss-reactive ketones (excluding diaryl/α,β-unsaturated/α-hetero) is 1. The first-order valence-electron chi connectivity index (χ1n) is 11.3. The summed E-state index contributed by atoms with van der Waals surface area (Å²) in [6.07, 6.45) is 15.0. The molecule has 5 rings (SSSR count). The van der Waals surface area contributed by atoms with Gasteiger partial charge in [-0.05, 0) is 78.2 Å². The Labute approximate surface area is 173 Å². The van der Waals surface area contributed by atoms with Crippen molar-refractivity contribution in [2.24, 2.45) is 34.5 Å². The highest BCUT2D eigenvalue weighted by Crippen LogP contribution is 2.67. The number of carbonyl (C=O) groups excluding carboxylic acids is 1. The Morgan fingerprint density at radius 2 is 2.07 bits per heavy atom. The van der Waals surface area contributed by atoms with E-state index in [9.17, 15) is 9.90 Å². The number of aliphatic hydroxyl groups excluding tert-OH is 1. The second-order valence-corrected chi connectivity index (χ2v) is 10.2. The lowest BCUT2D eigenvalue weighted by Crippen LogP contribution is -2.52. The number of allylic oxidation sites excluding steroid dienone is 4. The van der Waals surface area contributed by atoms with Crippen molar-refractivity contribution >= 4 is 11.4 Å². The Bertz CT molecular complexity index is 876. The summed E-state index contributed by atoms with van der Waals surface area (Å²) in [5, 5.41) is 9.83. The Morgan fingerprint density at radius 3 is 2.83 bits per heavy atom. The van der Waals surface area contributed by atoms with E-state index in [2.05, 4.69) is 36.0 Å². The van der Waals surface area contributed by atoms with Gasteiger partial charge in [-0.25, -0.2) is 9.97 Å². The highest BCUT2D eigenvalue weighted by atomic mass is 16.3. The van der Waals surface area contributed by atoms with Crippen LogP contribution in [0.15, 0.2) is 36.3 Å². The summed E-state index contributed by atoms with van der Waals surface area (Å²) in [5.41, 5.74) is 4.13. The van der Waals surface area contributed by atoms with Gasteiger partial charge in [0.05, 0.1) is 5.69 Å². The monoisotopic (exact) mass is 392 g/mol. The molecule has 4 heteroatoms. The topological polar surface area (TPSA) is 63.1 Å². The Hall–Kier alpha value is -1.81. The van der Waals surface area contributed by atoms with Crippen molar-refractivity contribution in [3.63, 3.8) is 0 Å². The van der Waals surface area contributed by atoms with E-state index in [-0.39, 0.29) is 17.4 Å². The molecule has 0 aliphatic heterocycles. The largest absolute Gasteiger partial charge is 0.396 e.